The first-order chi connectivity index (χ1) is 13.2. The van der Waals surface area contributed by atoms with Crippen LogP contribution in [0.4, 0.5) is 5.69 Å². The van der Waals surface area contributed by atoms with Gasteiger partial charge in [0.2, 0.25) is 5.88 Å². The Morgan fingerprint density at radius 1 is 1.15 bits per heavy atom. The number of benzene rings is 1. The molecule has 0 aliphatic heterocycles. The van der Waals surface area contributed by atoms with E-state index in [0.29, 0.717) is 28.7 Å². The highest BCUT2D eigenvalue weighted by Crippen LogP contribution is 2.23. The van der Waals surface area contributed by atoms with Crippen molar-refractivity contribution >= 4 is 22.9 Å². The maximum Gasteiger partial charge on any atom is 0.256 e. The molecule has 4 aromatic rings. The largest absolute Gasteiger partial charge is 0.439 e. The van der Waals surface area contributed by atoms with E-state index in [1.54, 1.807) is 42.6 Å². The topological polar surface area (TPSA) is 81.9 Å². The lowest BCUT2D eigenvalue weighted by molar-refractivity contribution is 0.102. The van der Waals surface area contributed by atoms with Gasteiger partial charge in [0.15, 0.2) is 0 Å². The lowest BCUT2D eigenvalue weighted by Crippen LogP contribution is -2.10. The van der Waals surface area contributed by atoms with Crippen LogP contribution in [-0.4, -0.2) is 25.4 Å². The van der Waals surface area contributed by atoms with E-state index in [4.69, 9.17) is 4.74 Å². The number of aromatic nitrogens is 4. The normalized spacial score (nSPS) is 10.6. The van der Waals surface area contributed by atoms with Crippen LogP contribution in [0.1, 0.15) is 16.2 Å². The van der Waals surface area contributed by atoms with Crippen molar-refractivity contribution in [2.24, 2.45) is 0 Å². The second kappa shape index (κ2) is 7.38. The number of nitrogens with one attached hydrogen (secondary N) is 1. The average Bonchev–Trinajstić information content (AvgIpc) is 3.35. The van der Waals surface area contributed by atoms with E-state index in [9.17, 15) is 4.79 Å². The van der Waals surface area contributed by atoms with Gasteiger partial charge in [-0.15, -0.1) is 0 Å². The van der Waals surface area contributed by atoms with E-state index in [-0.39, 0.29) is 5.91 Å². The molecule has 0 spiro atoms. The lowest BCUT2D eigenvalue weighted by Gasteiger charge is -2.09. The molecule has 0 aliphatic rings. The number of rotatable bonds is 5. The number of thiophene rings is 1. The molecule has 1 N–H and O–H groups in total. The molecule has 0 radical (unpaired) electrons. The Balaban J connectivity index is 1.46. The molecule has 0 fully saturated rings. The Kier molecular flexibility index (Phi) is 4.63. The third kappa shape index (κ3) is 3.85. The zero-order valence-corrected chi connectivity index (χ0v) is 15.2. The van der Waals surface area contributed by atoms with Gasteiger partial charge < -0.3 is 10.1 Å². The van der Waals surface area contributed by atoms with Crippen molar-refractivity contribution in [2.75, 3.05) is 5.32 Å². The van der Waals surface area contributed by atoms with Crippen molar-refractivity contribution in [3.05, 3.63) is 77.3 Å². The van der Waals surface area contributed by atoms with Gasteiger partial charge in [-0.3, -0.25) is 9.36 Å². The predicted octanol–water partition coefficient (Wildman–Crippen LogP) is 4.08. The van der Waals surface area contributed by atoms with Crippen molar-refractivity contribution in [3.8, 4) is 17.4 Å². The second-order valence-electron chi connectivity index (χ2n) is 5.65. The summed E-state index contributed by atoms with van der Waals surface area (Å²) >= 11 is 1.48. The van der Waals surface area contributed by atoms with Gasteiger partial charge in [0.1, 0.15) is 23.7 Å². The molecule has 0 aliphatic carbocycles. The maximum atomic E-state index is 12.1. The molecule has 134 valence electrons. The van der Waals surface area contributed by atoms with Crippen molar-refractivity contribution < 1.29 is 9.53 Å². The van der Waals surface area contributed by atoms with Gasteiger partial charge in [0, 0.05) is 29.5 Å². The van der Waals surface area contributed by atoms with Gasteiger partial charge in [-0.2, -0.15) is 11.3 Å². The standard InChI is InChI=1S/C19H15N5O2S/c1-13-20-7-8-24(13)17-10-18(22-12-21-17)26-16-4-2-15(3-5-16)23-19(25)14-6-9-27-11-14/h2-12H,1H3,(H,23,25). The van der Waals surface area contributed by atoms with Crippen LogP contribution in [0.2, 0.25) is 0 Å². The third-order valence-electron chi connectivity index (χ3n) is 3.82. The molecule has 27 heavy (non-hydrogen) atoms. The van der Waals surface area contributed by atoms with Crippen LogP contribution < -0.4 is 10.1 Å². The van der Waals surface area contributed by atoms with Gasteiger partial charge >= 0.3 is 0 Å². The van der Waals surface area contributed by atoms with Crippen molar-refractivity contribution in [1.29, 1.82) is 0 Å². The first-order valence-electron chi connectivity index (χ1n) is 8.13. The summed E-state index contributed by atoms with van der Waals surface area (Å²) in [4.78, 5) is 24.6. The minimum Gasteiger partial charge on any atom is -0.439 e. The summed E-state index contributed by atoms with van der Waals surface area (Å²) in [6.07, 6.45) is 4.98. The number of hydrogen-bond acceptors (Lipinski definition) is 6. The fourth-order valence-corrected chi connectivity index (χ4v) is 3.10. The predicted molar refractivity (Wildman–Crippen MR) is 103 cm³/mol. The monoisotopic (exact) mass is 377 g/mol. The summed E-state index contributed by atoms with van der Waals surface area (Å²) in [7, 11) is 0. The minimum absolute atomic E-state index is 0.138. The van der Waals surface area contributed by atoms with E-state index in [1.807, 2.05) is 28.4 Å². The second-order valence-corrected chi connectivity index (χ2v) is 6.43. The summed E-state index contributed by atoms with van der Waals surface area (Å²) in [5, 5.41) is 6.52. The van der Waals surface area contributed by atoms with Gasteiger partial charge in [0.05, 0.1) is 5.56 Å². The first-order valence-corrected chi connectivity index (χ1v) is 9.07. The van der Waals surface area contributed by atoms with Gasteiger partial charge in [-0.05, 0) is 42.6 Å². The zero-order chi connectivity index (χ0) is 18.6. The van der Waals surface area contributed by atoms with Crippen molar-refractivity contribution in [1.82, 2.24) is 19.5 Å². The van der Waals surface area contributed by atoms with Crippen LogP contribution in [0.3, 0.4) is 0 Å². The number of carbonyl (C=O) groups is 1. The van der Waals surface area contributed by atoms with Crippen LogP contribution in [0.25, 0.3) is 5.82 Å². The molecule has 4 rings (SSSR count). The number of hydrogen-bond donors (Lipinski definition) is 1. The molecular formula is C19H15N5O2S. The van der Waals surface area contributed by atoms with E-state index in [1.165, 1.54) is 17.7 Å². The van der Waals surface area contributed by atoms with E-state index in [2.05, 4.69) is 20.3 Å². The number of aryl methyl sites for hydroxylation is 1. The molecule has 0 bridgehead atoms. The van der Waals surface area contributed by atoms with Crippen LogP contribution >= 0.6 is 11.3 Å². The molecule has 0 saturated carbocycles. The first kappa shape index (κ1) is 16.9. The van der Waals surface area contributed by atoms with Crippen LogP contribution in [-0.2, 0) is 0 Å². The Bertz CT molecular complexity index is 1060. The van der Waals surface area contributed by atoms with E-state index >= 15 is 0 Å². The van der Waals surface area contributed by atoms with Crippen molar-refractivity contribution in [3.63, 3.8) is 0 Å². The number of imidazole rings is 1. The molecular weight excluding hydrogens is 362 g/mol. The Hall–Kier alpha value is -3.52. The number of amides is 1. The lowest BCUT2D eigenvalue weighted by atomic mass is 10.2. The van der Waals surface area contributed by atoms with Gasteiger partial charge in [-0.1, -0.05) is 0 Å². The molecule has 0 atom stereocenters. The van der Waals surface area contributed by atoms with Crippen LogP contribution in [0, 0.1) is 6.92 Å². The average molecular weight is 377 g/mol. The van der Waals surface area contributed by atoms with E-state index in [0.717, 1.165) is 5.82 Å². The number of ether oxygens (including phenoxy) is 1. The highest BCUT2D eigenvalue weighted by molar-refractivity contribution is 7.08. The summed E-state index contributed by atoms with van der Waals surface area (Å²) in [5.74, 6) is 2.39. The molecule has 1 amide bonds. The smallest absolute Gasteiger partial charge is 0.256 e. The summed E-state index contributed by atoms with van der Waals surface area (Å²) in [6.45, 7) is 1.89. The maximum absolute atomic E-state index is 12.1. The SMILES string of the molecule is Cc1nccn1-c1cc(Oc2ccc(NC(=O)c3ccsc3)cc2)ncn1. The number of anilines is 1. The summed E-state index contributed by atoms with van der Waals surface area (Å²) < 4.78 is 7.64. The van der Waals surface area contributed by atoms with Crippen LogP contribution in [0.15, 0.2) is 65.9 Å². The molecule has 7 nitrogen and oxygen atoms in total. The molecule has 8 heteroatoms. The molecule has 1 aromatic carbocycles. The number of nitrogens with zero attached hydrogens (tertiary/aromatic N) is 4. The summed E-state index contributed by atoms with van der Waals surface area (Å²) in [6, 6.07) is 10.6. The van der Waals surface area contributed by atoms with Crippen LogP contribution in [0.5, 0.6) is 11.6 Å². The zero-order valence-electron chi connectivity index (χ0n) is 14.4. The fraction of sp³-hybridized carbons (Fsp3) is 0.0526. The Morgan fingerprint density at radius 2 is 2.00 bits per heavy atom. The number of carbonyl (C=O) groups excluding carboxylic acids is 1. The van der Waals surface area contributed by atoms with Crippen molar-refractivity contribution in [2.45, 2.75) is 6.92 Å². The highest BCUT2D eigenvalue weighted by Gasteiger charge is 2.08. The Labute approximate surface area is 159 Å². The minimum atomic E-state index is -0.138. The highest BCUT2D eigenvalue weighted by atomic mass is 32.1. The fourth-order valence-electron chi connectivity index (χ4n) is 2.46. The van der Waals surface area contributed by atoms with Gasteiger partial charge in [0.25, 0.3) is 5.91 Å². The summed E-state index contributed by atoms with van der Waals surface area (Å²) in [5.41, 5.74) is 1.33. The molecule has 3 heterocycles. The third-order valence-corrected chi connectivity index (χ3v) is 4.50. The molecule has 0 unspecified atom stereocenters. The quantitative estimate of drug-likeness (QED) is 0.567. The molecule has 3 aromatic heterocycles. The Morgan fingerprint density at radius 3 is 2.70 bits per heavy atom. The molecule has 0 saturated heterocycles. The van der Waals surface area contributed by atoms with Gasteiger partial charge in [-0.25, -0.2) is 15.0 Å². The van der Waals surface area contributed by atoms with E-state index < -0.39 is 0 Å².